The van der Waals surface area contributed by atoms with Crippen LogP contribution in [0, 0.1) is 0 Å². The first-order chi connectivity index (χ1) is 17.7. The van der Waals surface area contributed by atoms with Gasteiger partial charge in [-0.15, -0.1) is 0 Å². The van der Waals surface area contributed by atoms with Crippen molar-refractivity contribution in [1.82, 2.24) is 9.97 Å². The van der Waals surface area contributed by atoms with Gasteiger partial charge in [-0.05, 0) is 54.6 Å². The Labute approximate surface area is 215 Å². The van der Waals surface area contributed by atoms with Gasteiger partial charge in [-0.1, -0.05) is 48.2 Å². The van der Waals surface area contributed by atoms with E-state index in [-0.39, 0.29) is 11.7 Å². The van der Waals surface area contributed by atoms with Crippen molar-refractivity contribution in [3.63, 3.8) is 0 Å². The van der Waals surface area contributed by atoms with Gasteiger partial charge in [-0.25, -0.2) is 9.97 Å². The maximum Gasteiger partial charge on any atom is 0.234 e. The number of hydrogen-bond acceptors (Lipinski definition) is 7. The van der Waals surface area contributed by atoms with Gasteiger partial charge < -0.3 is 19.9 Å². The summed E-state index contributed by atoms with van der Waals surface area (Å²) in [7, 11) is 0. The molecule has 1 N–H and O–H groups in total. The molecule has 1 saturated heterocycles. The van der Waals surface area contributed by atoms with Gasteiger partial charge in [0.15, 0.2) is 5.16 Å². The zero-order valence-corrected chi connectivity index (χ0v) is 20.6. The summed E-state index contributed by atoms with van der Waals surface area (Å²) in [6, 6.07) is 29.3. The lowest BCUT2D eigenvalue weighted by Gasteiger charge is -2.36. The van der Waals surface area contributed by atoms with Gasteiger partial charge in [0.2, 0.25) is 5.91 Å². The Kier molecular flexibility index (Phi) is 7.63. The van der Waals surface area contributed by atoms with Crippen LogP contribution in [-0.2, 0) is 4.79 Å². The molecule has 4 aromatic rings. The predicted octanol–water partition coefficient (Wildman–Crippen LogP) is 5.33. The van der Waals surface area contributed by atoms with Gasteiger partial charge in [0.05, 0.1) is 5.75 Å². The van der Waals surface area contributed by atoms with E-state index in [0.29, 0.717) is 16.6 Å². The Hall–Kier alpha value is -4.04. The minimum atomic E-state index is -0.109. The van der Waals surface area contributed by atoms with Gasteiger partial charge in [0, 0.05) is 43.8 Å². The number of piperazine rings is 1. The molecule has 2 heterocycles. The van der Waals surface area contributed by atoms with Crippen LogP contribution >= 0.6 is 11.8 Å². The number of nitrogens with zero attached hydrogens (tertiary/aromatic N) is 4. The van der Waals surface area contributed by atoms with Crippen LogP contribution in [0.2, 0.25) is 0 Å². The molecule has 1 amide bonds. The SMILES string of the molecule is O=C(CSc1nccc(N2CCN(c3ccccc3)CC2)n1)Nc1ccc(Oc2ccccc2)cc1. The standard InChI is InChI=1S/C28H27N5O2S/c34-27(30-22-11-13-25(14-12-22)35-24-9-5-2-6-10-24)21-36-28-29-16-15-26(31-28)33-19-17-32(18-20-33)23-7-3-1-4-8-23/h1-16H,17-21H2,(H,30,34). The first-order valence-electron chi connectivity index (χ1n) is 11.9. The number of carbonyl (C=O) groups is 1. The van der Waals surface area contributed by atoms with E-state index in [4.69, 9.17) is 4.74 Å². The Morgan fingerprint density at radius 2 is 1.44 bits per heavy atom. The molecule has 36 heavy (non-hydrogen) atoms. The molecule has 1 aliphatic heterocycles. The highest BCUT2D eigenvalue weighted by Gasteiger charge is 2.19. The van der Waals surface area contributed by atoms with Crippen molar-refractivity contribution in [3.05, 3.63) is 97.2 Å². The number of anilines is 3. The lowest BCUT2D eigenvalue weighted by Crippen LogP contribution is -2.46. The van der Waals surface area contributed by atoms with Gasteiger partial charge in [0.25, 0.3) is 0 Å². The third kappa shape index (κ3) is 6.34. The molecule has 8 heteroatoms. The summed E-state index contributed by atoms with van der Waals surface area (Å²) in [6.07, 6.45) is 1.76. The number of hydrogen-bond donors (Lipinski definition) is 1. The summed E-state index contributed by atoms with van der Waals surface area (Å²) in [5.41, 5.74) is 1.97. The normalized spacial score (nSPS) is 13.3. The van der Waals surface area contributed by atoms with E-state index < -0.39 is 0 Å². The summed E-state index contributed by atoms with van der Waals surface area (Å²) in [4.78, 5) is 26.2. The minimum absolute atomic E-state index is 0.109. The van der Waals surface area contributed by atoms with Gasteiger partial charge in [-0.2, -0.15) is 0 Å². The second-order valence-electron chi connectivity index (χ2n) is 8.28. The second kappa shape index (κ2) is 11.6. The second-order valence-corrected chi connectivity index (χ2v) is 9.23. The smallest absolute Gasteiger partial charge is 0.234 e. The maximum atomic E-state index is 12.5. The largest absolute Gasteiger partial charge is 0.457 e. The molecule has 0 saturated carbocycles. The van der Waals surface area contributed by atoms with Gasteiger partial charge in [0.1, 0.15) is 17.3 Å². The van der Waals surface area contributed by atoms with E-state index in [0.717, 1.165) is 37.7 Å². The highest BCUT2D eigenvalue weighted by atomic mass is 32.2. The van der Waals surface area contributed by atoms with Gasteiger partial charge in [-0.3, -0.25) is 4.79 Å². The van der Waals surface area contributed by atoms with Crippen LogP contribution in [0.5, 0.6) is 11.5 Å². The zero-order chi connectivity index (χ0) is 24.6. The monoisotopic (exact) mass is 497 g/mol. The molecule has 3 aromatic carbocycles. The zero-order valence-electron chi connectivity index (χ0n) is 19.8. The number of nitrogens with one attached hydrogen (secondary N) is 1. The van der Waals surface area contributed by atoms with Crippen LogP contribution in [0.3, 0.4) is 0 Å². The van der Waals surface area contributed by atoms with Crippen molar-refractivity contribution in [2.75, 3.05) is 47.0 Å². The lowest BCUT2D eigenvalue weighted by atomic mass is 10.2. The number of amides is 1. The molecule has 1 fully saturated rings. The van der Waals surface area contributed by atoms with E-state index in [2.05, 4.69) is 49.4 Å². The molecule has 0 spiro atoms. The quantitative estimate of drug-likeness (QED) is 0.261. The molecular weight excluding hydrogens is 470 g/mol. The fraction of sp³-hybridized carbons (Fsp3) is 0.179. The number of aromatic nitrogens is 2. The lowest BCUT2D eigenvalue weighted by molar-refractivity contribution is -0.113. The van der Waals surface area contributed by atoms with Crippen molar-refractivity contribution in [2.24, 2.45) is 0 Å². The van der Waals surface area contributed by atoms with Crippen LogP contribution < -0.4 is 19.9 Å². The van der Waals surface area contributed by atoms with E-state index in [1.54, 1.807) is 6.20 Å². The highest BCUT2D eigenvalue weighted by molar-refractivity contribution is 7.99. The molecule has 5 rings (SSSR count). The molecule has 1 aliphatic rings. The van der Waals surface area contributed by atoms with Crippen molar-refractivity contribution in [2.45, 2.75) is 5.16 Å². The fourth-order valence-electron chi connectivity index (χ4n) is 3.97. The molecule has 182 valence electrons. The van der Waals surface area contributed by atoms with E-state index in [1.165, 1.54) is 17.4 Å². The van der Waals surface area contributed by atoms with E-state index in [1.807, 2.05) is 66.7 Å². The van der Waals surface area contributed by atoms with Crippen molar-refractivity contribution < 1.29 is 9.53 Å². The molecule has 0 unspecified atom stereocenters. The molecule has 0 atom stereocenters. The number of carbonyl (C=O) groups excluding carboxylic acids is 1. The van der Waals surface area contributed by atoms with E-state index in [9.17, 15) is 4.79 Å². The average molecular weight is 498 g/mol. The summed E-state index contributed by atoms with van der Waals surface area (Å²) < 4.78 is 5.79. The van der Waals surface area contributed by atoms with Crippen molar-refractivity contribution in [3.8, 4) is 11.5 Å². The predicted molar refractivity (Wildman–Crippen MR) is 145 cm³/mol. The number of ether oxygens (including phenoxy) is 1. The van der Waals surface area contributed by atoms with Crippen molar-refractivity contribution in [1.29, 1.82) is 0 Å². The fourth-order valence-corrected chi connectivity index (χ4v) is 4.59. The topological polar surface area (TPSA) is 70.6 Å². The van der Waals surface area contributed by atoms with Crippen molar-refractivity contribution >= 4 is 34.9 Å². The average Bonchev–Trinajstić information content (AvgIpc) is 2.94. The summed E-state index contributed by atoms with van der Waals surface area (Å²) in [5, 5.41) is 3.51. The number of benzene rings is 3. The maximum absolute atomic E-state index is 12.5. The first-order valence-corrected chi connectivity index (χ1v) is 12.9. The Bertz CT molecular complexity index is 1260. The minimum Gasteiger partial charge on any atom is -0.457 e. The van der Waals surface area contributed by atoms with Crippen LogP contribution in [0.25, 0.3) is 0 Å². The molecule has 0 aliphatic carbocycles. The Morgan fingerprint density at radius 3 is 2.17 bits per heavy atom. The third-order valence-corrected chi connectivity index (χ3v) is 6.65. The van der Waals surface area contributed by atoms with Crippen LogP contribution in [0.15, 0.2) is 102 Å². The first kappa shape index (κ1) is 23.7. The van der Waals surface area contributed by atoms with Crippen LogP contribution in [0.1, 0.15) is 0 Å². The van der Waals surface area contributed by atoms with Crippen LogP contribution in [-0.4, -0.2) is 47.8 Å². The molecule has 0 bridgehead atoms. The van der Waals surface area contributed by atoms with Crippen LogP contribution in [0.4, 0.5) is 17.2 Å². The summed E-state index contributed by atoms with van der Waals surface area (Å²) in [6.45, 7) is 3.66. The third-order valence-electron chi connectivity index (χ3n) is 5.79. The highest BCUT2D eigenvalue weighted by Crippen LogP contribution is 2.24. The molecule has 0 radical (unpaired) electrons. The summed E-state index contributed by atoms with van der Waals surface area (Å²) >= 11 is 1.33. The van der Waals surface area contributed by atoms with E-state index >= 15 is 0 Å². The number of thioether (sulfide) groups is 1. The Balaban J connectivity index is 1.10. The molecule has 7 nitrogen and oxygen atoms in total. The molecule has 1 aromatic heterocycles. The van der Waals surface area contributed by atoms with Gasteiger partial charge >= 0.3 is 0 Å². The Morgan fingerprint density at radius 1 is 0.806 bits per heavy atom. The number of rotatable bonds is 8. The molecular formula is C28H27N5O2S. The summed E-state index contributed by atoms with van der Waals surface area (Å²) in [5.74, 6) is 2.50. The number of para-hydroxylation sites is 2.